The molecule has 0 aliphatic rings. The van der Waals surface area contributed by atoms with Crippen LogP contribution in [0.25, 0.3) is 10.9 Å². The van der Waals surface area contributed by atoms with Gasteiger partial charge in [-0.15, -0.1) is 0 Å². The van der Waals surface area contributed by atoms with Crippen molar-refractivity contribution >= 4 is 22.7 Å². The Kier molecular flexibility index (Phi) is 4.43. The van der Waals surface area contributed by atoms with Crippen LogP contribution in [0.5, 0.6) is 5.75 Å². The molecule has 0 atom stereocenters. The van der Waals surface area contributed by atoms with E-state index in [1.165, 1.54) is 7.11 Å². The third-order valence-electron chi connectivity index (χ3n) is 4.21. The van der Waals surface area contributed by atoms with Crippen molar-refractivity contribution in [2.45, 2.75) is 13.8 Å². The molecule has 0 saturated carbocycles. The predicted octanol–water partition coefficient (Wildman–Crippen LogP) is 2.87. The summed E-state index contributed by atoms with van der Waals surface area (Å²) in [5, 5.41) is 0.987. The van der Waals surface area contributed by atoms with Crippen molar-refractivity contribution in [2.24, 2.45) is 0 Å². The van der Waals surface area contributed by atoms with Crippen LogP contribution < -0.4 is 15.6 Å². The number of ether oxygens (including phenoxy) is 1. The van der Waals surface area contributed by atoms with Crippen molar-refractivity contribution in [3.05, 3.63) is 64.8 Å². The van der Waals surface area contributed by atoms with E-state index in [1.54, 1.807) is 36.4 Å². The van der Waals surface area contributed by atoms with Gasteiger partial charge < -0.3 is 9.72 Å². The normalized spacial score (nSPS) is 10.5. The van der Waals surface area contributed by atoms with Crippen LogP contribution in [0.3, 0.4) is 0 Å². The van der Waals surface area contributed by atoms with Crippen LogP contribution in [-0.4, -0.2) is 23.9 Å². The highest BCUT2D eigenvalue weighted by molar-refractivity contribution is 6.02. The predicted molar refractivity (Wildman–Crippen MR) is 95.7 cm³/mol. The molecule has 0 bridgehead atoms. The van der Waals surface area contributed by atoms with Gasteiger partial charge in [-0.1, -0.05) is 12.1 Å². The molecule has 0 spiro atoms. The molecule has 0 saturated heterocycles. The Balaban J connectivity index is 1.74. The van der Waals surface area contributed by atoms with Crippen LogP contribution in [0, 0.1) is 13.8 Å². The highest BCUT2D eigenvalue weighted by Gasteiger charge is 2.14. The molecule has 2 amide bonds. The SMILES string of the molecule is COc1ccccc1C(=O)NNC(=O)c1ccc2[nH]c(C)c(C)c2c1. The summed E-state index contributed by atoms with van der Waals surface area (Å²) in [6, 6.07) is 12.2. The number of benzene rings is 2. The lowest BCUT2D eigenvalue weighted by atomic mass is 10.1. The number of aromatic nitrogens is 1. The first kappa shape index (κ1) is 16.6. The van der Waals surface area contributed by atoms with Crippen LogP contribution in [0.2, 0.25) is 0 Å². The number of carbonyl (C=O) groups is 2. The third-order valence-corrected chi connectivity index (χ3v) is 4.21. The molecule has 0 unspecified atom stereocenters. The van der Waals surface area contributed by atoms with Crippen LogP contribution >= 0.6 is 0 Å². The van der Waals surface area contributed by atoms with E-state index in [2.05, 4.69) is 15.8 Å². The van der Waals surface area contributed by atoms with Gasteiger partial charge in [-0.2, -0.15) is 0 Å². The first-order chi connectivity index (χ1) is 12.0. The number of rotatable bonds is 3. The van der Waals surface area contributed by atoms with Gasteiger partial charge in [0.1, 0.15) is 5.75 Å². The molecule has 6 heteroatoms. The summed E-state index contributed by atoms with van der Waals surface area (Å²) in [5.74, 6) is -0.391. The molecule has 3 rings (SSSR count). The fourth-order valence-corrected chi connectivity index (χ4v) is 2.69. The van der Waals surface area contributed by atoms with Gasteiger partial charge in [0.15, 0.2) is 0 Å². The molecule has 2 aromatic carbocycles. The van der Waals surface area contributed by atoms with E-state index in [0.29, 0.717) is 16.9 Å². The van der Waals surface area contributed by atoms with Crippen molar-refractivity contribution in [1.82, 2.24) is 15.8 Å². The minimum atomic E-state index is -0.444. The summed E-state index contributed by atoms with van der Waals surface area (Å²) in [6.45, 7) is 3.99. The monoisotopic (exact) mass is 337 g/mol. The smallest absolute Gasteiger partial charge is 0.273 e. The van der Waals surface area contributed by atoms with Crippen molar-refractivity contribution in [1.29, 1.82) is 0 Å². The first-order valence-corrected chi connectivity index (χ1v) is 7.84. The van der Waals surface area contributed by atoms with E-state index in [-0.39, 0.29) is 5.91 Å². The van der Waals surface area contributed by atoms with Crippen molar-refractivity contribution in [3.63, 3.8) is 0 Å². The lowest BCUT2D eigenvalue weighted by Gasteiger charge is -2.10. The number of aromatic amines is 1. The number of hydrogen-bond donors (Lipinski definition) is 3. The van der Waals surface area contributed by atoms with Crippen molar-refractivity contribution in [3.8, 4) is 5.75 Å². The number of nitrogens with one attached hydrogen (secondary N) is 3. The summed E-state index contributed by atoms with van der Waals surface area (Å²) in [6.07, 6.45) is 0. The van der Waals surface area contributed by atoms with E-state index < -0.39 is 5.91 Å². The number of H-pyrrole nitrogens is 1. The molecule has 0 aliphatic heterocycles. The number of methoxy groups -OCH3 is 1. The molecule has 0 fully saturated rings. The van der Waals surface area contributed by atoms with Gasteiger partial charge in [0.05, 0.1) is 12.7 Å². The molecule has 25 heavy (non-hydrogen) atoms. The minimum absolute atomic E-state index is 0.345. The zero-order valence-corrected chi connectivity index (χ0v) is 14.3. The number of hydrogen-bond acceptors (Lipinski definition) is 3. The summed E-state index contributed by atoms with van der Waals surface area (Å²) < 4.78 is 5.14. The van der Waals surface area contributed by atoms with Gasteiger partial charge in [-0.05, 0) is 49.7 Å². The molecule has 6 nitrogen and oxygen atoms in total. The second-order valence-electron chi connectivity index (χ2n) is 5.74. The number of hydrazine groups is 1. The van der Waals surface area contributed by atoms with Crippen LogP contribution in [0.15, 0.2) is 42.5 Å². The second kappa shape index (κ2) is 6.68. The summed E-state index contributed by atoms with van der Waals surface area (Å²) in [5.41, 5.74) is 8.80. The Hall–Kier alpha value is -3.28. The summed E-state index contributed by atoms with van der Waals surface area (Å²) in [4.78, 5) is 27.8. The Morgan fingerprint density at radius 1 is 1.00 bits per heavy atom. The van der Waals surface area contributed by atoms with Crippen LogP contribution in [0.1, 0.15) is 32.0 Å². The highest BCUT2D eigenvalue weighted by atomic mass is 16.5. The Morgan fingerprint density at radius 3 is 2.48 bits per heavy atom. The second-order valence-corrected chi connectivity index (χ2v) is 5.74. The Labute approximate surface area is 145 Å². The Bertz CT molecular complexity index is 960. The van der Waals surface area contributed by atoms with E-state index in [1.807, 2.05) is 19.9 Å². The zero-order valence-electron chi connectivity index (χ0n) is 14.3. The molecular weight excluding hydrogens is 318 g/mol. The number of amides is 2. The van der Waals surface area contributed by atoms with Gasteiger partial charge in [0, 0.05) is 22.2 Å². The lowest BCUT2D eigenvalue weighted by molar-refractivity contribution is 0.0845. The fourth-order valence-electron chi connectivity index (χ4n) is 2.69. The molecule has 3 aromatic rings. The van der Waals surface area contributed by atoms with E-state index in [4.69, 9.17) is 4.74 Å². The molecule has 128 valence electrons. The molecule has 0 radical (unpaired) electrons. The molecular formula is C19H19N3O3. The van der Waals surface area contributed by atoms with Crippen molar-refractivity contribution < 1.29 is 14.3 Å². The maximum absolute atomic E-state index is 12.3. The highest BCUT2D eigenvalue weighted by Crippen LogP contribution is 2.22. The largest absolute Gasteiger partial charge is 0.496 e. The zero-order chi connectivity index (χ0) is 18.0. The summed E-state index contributed by atoms with van der Waals surface area (Å²) in [7, 11) is 1.49. The lowest BCUT2D eigenvalue weighted by Crippen LogP contribution is -2.41. The minimum Gasteiger partial charge on any atom is -0.496 e. The van der Waals surface area contributed by atoms with Gasteiger partial charge in [-0.25, -0.2) is 0 Å². The van der Waals surface area contributed by atoms with Gasteiger partial charge in [-0.3, -0.25) is 20.4 Å². The van der Waals surface area contributed by atoms with E-state index >= 15 is 0 Å². The van der Waals surface area contributed by atoms with Crippen LogP contribution in [0.4, 0.5) is 0 Å². The number of carbonyl (C=O) groups excluding carboxylic acids is 2. The van der Waals surface area contributed by atoms with Gasteiger partial charge in [0.2, 0.25) is 0 Å². The van der Waals surface area contributed by atoms with Gasteiger partial charge >= 0.3 is 0 Å². The van der Waals surface area contributed by atoms with Crippen LogP contribution in [-0.2, 0) is 0 Å². The van der Waals surface area contributed by atoms with E-state index in [0.717, 1.165) is 22.2 Å². The maximum Gasteiger partial charge on any atom is 0.273 e. The third kappa shape index (κ3) is 3.19. The number of aryl methyl sites for hydroxylation is 2. The summed E-state index contributed by atoms with van der Waals surface area (Å²) >= 11 is 0. The standard InChI is InChI=1S/C19H19N3O3/c1-11-12(2)20-16-9-8-13(10-15(11)16)18(23)21-22-19(24)14-6-4-5-7-17(14)25-3/h4-10,20H,1-3H3,(H,21,23)(H,22,24). The maximum atomic E-state index is 12.3. The molecule has 0 aliphatic carbocycles. The number of fused-ring (bicyclic) bond motifs is 1. The average Bonchev–Trinajstić information content (AvgIpc) is 2.93. The quantitative estimate of drug-likeness (QED) is 0.643. The average molecular weight is 337 g/mol. The molecule has 3 N–H and O–H groups in total. The fraction of sp³-hybridized carbons (Fsp3) is 0.158. The molecule has 1 aromatic heterocycles. The first-order valence-electron chi connectivity index (χ1n) is 7.84. The van der Waals surface area contributed by atoms with Crippen molar-refractivity contribution in [2.75, 3.05) is 7.11 Å². The van der Waals surface area contributed by atoms with Gasteiger partial charge in [0.25, 0.3) is 11.8 Å². The topological polar surface area (TPSA) is 83.2 Å². The Morgan fingerprint density at radius 2 is 1.72 bits per heavy atom. The number of para-hydroxylation sites is 1. The van der Waals surface area contributed by atoms with E-state index in [9.17, 15) is 9.59 Å². The molecule has 1 heterocycles.